The molecule has 9 heteroatoms. The Morgan fingerprint density at radius 1 is 1.03 bits per heavy atom. The monoisotopic (exact) mass is 397 g/mol. The predicted molar refractivity (Wildman–Crippen MR) is 113 cm³/mol. The first-order valence-corrected chi connectivity index (χ1v) is 9.60. The van der Waals surface area contributed by atoms with Crippen LogP contribution in [-0.4, -0.2) is 47.3 Å². The number of anilines is 2. The lowest BCUT2D eigenvalue weighted by Gasteiger charge is -2.21. The van der Waals surface area contributed by atoms with Gasteiger partial charge in [-0.2, -0.15) is 14.8 Å². The van der Waals surface area contributed by atoms with Crippen LogP contribution in [0.15, 0.2) is 61.1 Å². The summed E-state index contributed by atoms with van der Waals surface area (Å²) in [6.45, 7) is 2.10. The van der Waals surface area contributed by atoms with E-state index >= 15 is 0 Å². The second-order valence-corrected chi connectivity index (χ2v) is 6.82. The summed E-state index contributed by atoms with van der Waals surface area (Å²) in [4.78, 5) is 11.0. The Balaban J connectivity index is 1.52. The lowest BCUT2D eigenvalue weighted by molar-refractivity contribution is 0.881. The van der Waals surface area contributed by atoms with Gasteiger partial charge in [0.25, 0.3) is 0 Å². The van der Waals surface area contributed by atoms with Crippen LogP contribution in [-0.2, 0) is 6.42 Å². The molecule has 0 fully saturated rings. The maximum absolute atomic E-state index is 4.63. The molecule has 0 saturated carbocycles. The number of fused-ring (bicyclic) bond motifs is 1. The lowest BCUT2D eigenvalue weighted by Crippen LogP contribution is -2.15. The summed E-state index contributed by atoms with van der Waals surface area (Å²) in [5.41, 5.74) is 5.75. The van der Waals surface area contributed by atoms with Crippen LogP contribution in [0, 0.1) is 0 Å². The summed E-state index contributed by atoms with van der Waals surface area (Å²) in [6, 6.07) is 14.2. The number of hydrogen-bond donors (Lipinski definition) is 1. The zero-order valence-corrected chi connectivity index (χ0v) is 16.6. The Morgan fingerprint density at radius 2 is 1.90 bits per heavy atom. The summed E-state index contributed by atoms with van der Waals surface area (Å²) < 4.78 is 1.85. The molecule has 0 aliphatic carbocycles. The third-order valence-electron chi connectivity index (χ3n) is 5.07. The molecule has 0 bridgehead atoms. The molecule has 5 rings (SSSR count). The van der Waals surface area contributed by atoms with Crippen molar-refractivity contribution < 1.29 is 0 Å². The fourth-order valence-electron chi connectivity index (χ4n) is 3.46. The van der Waals surface area contributed by atoms with E-state index in [2.05, 4.69) is 77.8 Å². The molecule has 0 aliphatic rings. The van der Waals surface area contributed by atoms with Gasteiger partial charge < -0.3 is 4.90 Å². The van der Waals surface area contributed by atoms with Crippen LogP contribution in [0.5, 0.6) is 0 Å². The number of tetrazole rings is 1. The minimum absolute atomic E-state index is 0.540. The number of rotatable bonds is 5. The molecule has 5 aromatic rings. The number of H-pyrrole nitrogens is 1. The van der Waals surface area contributed by atoms with Gasteiger partial charge in [-0.25, -0.2) is 4.98 Å². The number of aromatic nitrogens is 8. The molecule has 0 atom stereocenters. The van der Waals surface area contributed by atoms with Crippen molar-refractivity contribution in [3.05, 3.63) is 66.7 Å². The molecule has 0 spiro atoms. The topological polar surface area (TPSA) is 101 Å². The summed E-state index contributed by atoms with van der Waals surface area (Å²) in [5.74, 6) is 1.50. The molecule has 0 saturated heterocycles. The van der Waals surface area contributed by atoms with Crippen molar-refractivity contribution in [2.45, 2.75) is 13.3 Å². The van der Waals surface area contributed by atoms with Crippen LogP contribution in [0.4, 0.5) is 11.5 Å². The number of nitrogens with one attached hydrogen (secondary N) is 1. The molecular weight excluding hydrogens is 378 g/mol. The molecule has 148 valence electrons. The highest BCUT2D eigenvalue weighted by Gasteiger charge is 2.14. The van der Waals surface area contributed by atoms with E-state index in [-0.39, 0.29) is 0 Å². The Hall–Kier alpha value is -4.14. The molecule has 0 radical (unpaired) electrons. The van der Waals surface area contributed by atoms with Gasteiger partial charge in [0.2, 0.25) is 5.82 Å². The Kier molecular flexibility index (Phi) is 4.40. The average molecular weight is 397 g/mol. The summed E-state index contributed by atoms with van der Waals surface area (Å²) in [7, 11) is 2.03. The zero-order chi connectivity index (χ0) is 20.5. The van der Waals surface area contributed by atoms with E-state index in [0.717, 1.165) is 46.0 Å². The van der Waals surface area contributed by atoms with E-state index in [4.69, 9.17) is 0 Å². The minimum Gasteiger partial charge on any atom is -0.329 e. The zero-order valence-electron chi connectivity index (χ0n) is 16.6. The molecule has 9 nitrogen and oxygen atoms in total. The average Bonchev–Trinajstić information content (AvgIpc) is 3.50. The van der Waals surface area contributed by atoms with Gasteiger partial charge in [0, 0.05) is 54.1 Å². The summed E-state index contributed by atoms with van der Waals surface area (Å²) in [6.07, 6.45) is 6.17. The summed E-state index contributed by atoms with van der Waals surface area (Å²) >= 11 is 0. The number of nitrogens with zero attached hydrogens (tertiary/aromatic N) is 8. The summed E-state index contributed by atoms with van der Waals surface area (Å²) in [5, 5.41) is 18.8. The van der Waals surface area contributed by atoms with Gasteiger partial charge in [-0.05, 0) is 35.4 Å². The van der Waals surface area contributed by atoms with Crippen LogP contribution in [0.2, 0.25) is 0 Å². The quantitative estimate of drug-likeness (QED) is 0.485. The molecule has 4 aromatic heterocycles. The van der Waals surface area contributed by atoms with Gasteiger partial charge in [-0.3, -0.25) is 4.98 Å². The molecule has 0 aliphatic heterocycles. The van der Waals surface area contributed by atoms with Gasteiger partial charge >= 0.3 is 0 Å². The van der Waals surface area contributed by atoms with Crippen molar-refractivity contribution >= 4 is 17.2 Å². The van der Waals surface area contributed by atoms with E-state index < -0.39 is 0 Å². The first-order chi connectivity index (χ1) is 14.7. The van der Waals surface area contributed by atoms with Crippen LogP contribution in [0.25, 0.3) is 28.2 Å². The third kappa shape index (κ3) is 3.06. The van der Waals surface area contributed by atoms with Crippen molar-refractivity contribution in [2.24, 2.45) is 0 Å². The molecule has 4 heterocycles. The molecule has 30 heavy (non-hydrogen) atoms. The fourth-order valence-corrected chi connectivity index (χ4v) is 3.46. The molecule has 1 aromatic carbocycles. The first-order valence-electron chi connectivity index (χ1n) is 9.60. The van der Waals surface area contributed by atoms with E-state index in [9.17, 15) is 0 Å². The highest BCUT2D eigenvalue weighted by atomic mass is 15.5. The Morgan fingerprint density at radius 3 is 2.67 bits per heavy atom. The van der Waals surface area contributed by atoms with Crippen LogP contribution in [0.3, 0.4) is 0 Å². The van der Waals surface area contributed by atoms with Crippen molar-refractivity contribution in [3.8, 4) is 22.5 Å². The van der Waals surface area contributed by atoms with Gasteiger partial charge in [-0.15, -0.1) is 10.2 Å². The number of aromatic amines is 1. The molecular formula is C21H19N9. The van der Waals surface area contributed by atoms with Crippen molar-refractivity contribution in [1.82, 2.24) is 40.2 Å². The number of benzene rings is 1. The molecule has 0 amide bonds. The van der Waals surface area contributed by atoms with Crippen LogP contribution in [0.1, 0.15) is 12.6 Å². The Labute approximate surface area is 172 Å². The van der Waals surface area contributed by atoms with E-state index in [1.807, 2.05) is 29.9 Å². The second-order valence-electron chi connectivity index (χ2n) is 6.82. The molecule has 1 N–H and O–H groups in total. The maximum Gasteiger partial charge on any atom is 0.205 e. The number of aryl methyl sites for hydroxylation is 1. The SMILES string of the molecule is CCc1cc(N(C)c2ccc(-c3cnccc3-c3nn[nH]n3)cc2)n2nccc2n1. The fraction of sp³-hybridized carbons (Fsp3) is 0.143. The van der Waals surface area contributed by atoms with Crippen molar-refractivity contribution in [2.75, 3.05) is 11.9 Å². The van der Waals surface area contributed by atoms with E-state index in [1.54, 1.807) is 12.4 Å². The van der Waals surface area contributed by atoms with Gasteiger partial charge in [0.15, 0.2) is 5.65 Å². The molecule has 0 unspecified atom stereocenters. The highest BCUT2D eigenvalue weighted by molar-refractivity contribution is 5.80. The highest BCUT2D eigenvalue weighted by Crippen LogP contribution is 2.31. The van der Waals surface area contributed by atoms with Gasteiger partial charge in [0.05, 0.1) is 6.20 Å². The predicted octanol–water partition coefficient (Wildman–Crippen LogP) is 3.30. The Bertz CT molecular complexity index is 1290. The number of hydrogen-bond acceptors (Lipinski definition) is 7. The number of pyridine rings is 1. The minimum atomic E-state index is 0.540. The van der Waals surface area contributed by atoms with E-state index in [1.165, 1.54) is 0 Å². The van der Waals surface area contributed by atoms with Crippen LogP contribution >= 0.6 is 0 Å². The largest absolute Gasteiger partial charge is 0.329 e. The normalized spacial score (nSPS) is 11.1. The van der Waals surface area contributed by atoms with Crippen LogP contribution < -0.4 is 4.90 Å². The maximum atomic E-state index is 4.63. The first kappa shape index (κ1) is 17.9. The van der Waals surface area contributed by atoms with E-state index in [0.29, 0.717) is 5.82 Å². The van der Waals surface area contributed by atoms with Crippen molar-refractivity contribution in [3.63, 3.8) is 0 Å². The third-order valence-corrected chi connectivity index (χ3v) is 5.07. The standard InChI is InChI=1S/C21H19N9/c1-3-15-12-20(30-19(24-15)9-11-23-30)29(2)16-6-4-14(5-7-16)18-13-22-10-8-17(18)21-25-27-28-26-21/h4-13H,3H2,1-2H3,(H,25,26,27,28). The smallest absolute Gasteiger partial charge is 0.205 e. The second kappa shape index (κ2) is 7.36. The van der Waals surface area contributed by atoms with Gasteiger partial charge in [-0.1, -0.05) is 19.1 Å². The van der Waals surface area contributed by atoms with Gasteiger partial charge in [0.1, 0.15) is 5.82 Å². The van der Waals surface area contributed by atoms with Crippen molar-refractivity contribution in [1.29, 1.82) is 0 Å². The lowest BCUT2D eigenvalue weighted by atomic mass is 10.0.